The molecule has 0 aliphatic rings. The fourth-order valence-corrected chi connectivity index (χ4v) is 4.10. The van der Waals surface area contributed by atoms with Crippen molar-refractivity contribution in [3.8, 4) is 11.4 Å². The molecule has 35 heavy (non-hydrogen) atoms. The number of halogens is 1. The van der Waals surface area contributed by atoms with Gasteiger partial charge in [0.25, 0.3) is 0 Å². The van der Waals surface area contributed by atoms with Crippen LogP contribution in [0.25, 0.3) is 11.4 Å². The van der Waals surface area contributed by atoms with Crippen molar-refractivity contribution in [3.05, 3.63) is 107 Å². The fourth-order valence-electron chi connectivity index (χ4n) is 3.50. The number of rotatable bonds is 8. The lowest BCUT2D eigenvalue weighted by molar-refractivity contribution is 0.627. The maximum atomic E-state index is 13.2. The summed E-state index contributed by atoms with van der Waals surface area (Å²) in [4.78, 5) is 18.1. The lowest BCUT2D eigenvalue weighted by Gasteiger charge is -2.11. The maximum Gasteiger partial charge on any atom is 0.230 e. The van der Waals surface area contributed by atoms with Crippen molar-refractivity contribution in [1.29, 1.82) is 5.41 Å². The molecule has 0 spiro atoms. The number of nitrogens with one attached hydrogen (secondary N) is 3. The van der Waals surface area contributed by atoms with Crippen LogP contribution in [0.5, 0.6) is 0 Å². The minimum absolute atomic E-state index is 0.269. The Morgan fingerprint density at radius 3 is 2.69 bits per heavy atom. The molecule has 5 aromatic rings. The third-order valence-corrected chi connectivity index (χ3v) is 5.93. The molecule has 2 aromatic carbocycles. The van der Waals surface area contributed by atoms with Gasteiger partial charge in [0.15, 0.2) is 10.6 Å². The van der Waals surface area contributed by atoms with Crippen molar-refractivity contribution in [2.24, 2.45) is 0 Å². The van der Waals surface area contributed by atoms with E-state index in [9.17, 15) is 4.39 Å². The quantitative estimate of drug-likeness (QED) is 0.292. The summed E-state index contributed by atoms with van der Waals surface area (Å²) in [6.07, 6.45) is 5.05. The summed E-state index contributed by atoms with van der Waals surface area (Å²) in [5.41, 5.74) is 3.55. The summed E-state index contributed by atoms with van der Waals surface area (Å²) in [5, 5.41) is 16.4. The molecule has 0 aliphatic heterocycles. The van der Waals surface area contributed by atoms with E-state index < -0.39 is 0 Å². The molecule has 0 atom stereocenters. The largest absolute Gasteiger partial charge is 0.365 e. The zero-order valence-electron chi connectivity index (χ0n) is 18.5. The van der Waals surface area contributed by atoms with Crippen LogP contribution in [0, 0.1) is 11.2 Å². The zero-order valence-corrected chi connectivity index (χ0v) is 19.3. The summed E-state index contributed by atoms with van der Waals surface area (Å²) in [5.74, 6) is 1.23. The van der Waals surface area contributed by atoms with Gasteiger partial charge in [-0.25, -0.2) is 19.3 Å². The molecule has 0 amide bonds. The number of thiazole rings is 1. The normalized spacial score (nSPS) is 10.8. The molecule has 3 aromatic heterocycles. The van der Waals surface area contributed by atoms with E-state index in [1.807, 2.05) is 52.5 Å². The molecule has 0 unspecified atom stereocenters. The van der Waals surface area contributed by atoms with Gasteiger partial charge in [0.2, 0.25) is 5.95 Å². The second-order valence-corrected chi connectivity index (χ2v) is 8.57. The van der Waals surface area contributed by atoms with Gasteiger partial charge in [0, 0.05) is 36.6 Å². The number of hydrogen-bond acceptors (Lipinski definition) is 8. The van der Waals surface area contributed by atoms with Crippen molar-refractivity contribution in [2.75, 3.05) is 10.6 Å². The Morgan fingerprint density at radius 2 is 1.86 bits per heavy atom. The Morgan fingerprint density at radius 1 is 0.971 bits per heavy atom. The number of benzene rings is 2. The van der Waals surface area contributed by atoms with E-state index >= 15 is 0 Å². The first kappa shape index (κ1) is 22.4. The van der Waals surface area contributed by atoms with Crippen molar-refractivity contribution >= 4 is 28.8 Å². The van der Waals surface area contributed by atoms with E-state index in [4.69, 9.17) is 5.41 Å². The molecular formula is C25H21FN8S. The number of anilines is 3. The molecule has 0 aliphatic carbocycles. The first-order chi connectivity index (χ1) is 17.1. The van der Waals surface area contributed by atoms with Crippen LogP contribution in [0.15, 0.2) is 84.8 Å². The molecular weight excluding hydrogens is 463 g/mol. The molecule has 0 radical (unpaired) electrons. The average Bonchev–Trinajstić information content (AvgIpc) is 3.28. The molecule has 5 rings (SSSR count). The smallest absolute Gasteiger partial charge is 0.230 e. The van der Waals surface area contributed by atoms with E-state index in [0.717, 1.165) is 22.4 Å². The van der Waals surface area contributed by atoms with Crippen LogP contribution in [-0.2, 0) is 13.1 Å². The highest BCUT2D eigenvalue weighted by molar-refractivity contribution is 7.06. The maximum absolute atomic E-state index is 13.2. The predicted octanol–water partition coefficient (Wildman–Crippen LogP) is 4.82. The Bertz CT molecular complexity index is 1500. The van der Waals surface area contributed by atoms with Gasteiger partial charge in [0.05, 0.1) is 5.56 Å². The van der Waals surface area contributed by atoms with Gasteiger partial charge >= 0.3 is 0 Å². The van der Waals surface area contributed by atoms with Crippen LogP contribution < -0.4 is 15.4 Å². The molecule has 3 N–H and O–H groups in total. The van der Waals surface area contributed by atoms with Gasteiger partial charge in [0.1, 0.15) is 18.0 Å². The van der Waals surface area contributed by atoms with Crippen LogP contribution in [0.4, 0.5) is 21.8 Å². The Hall–Kier alpha value is -4.44. The molecule has 10 heteroatoms. The molecule has 3 heterocycles. The highest BCUT2D eigenvalue weighted by Gasteiger charge is 2.11. The van der Waals surface area contributed by atoms with Gasteiger partial charge in [-0.05, 0) is 47.5 Å². The van der Waals surface area contributed by atoms with Gasteiger partial charge in [-0.3, -0.25) is 5.41 Å². The number of aromatic nitrogens is 5. The molecule has 174 valence electrons. The molecule has 0 saturated heterocycles. The van der Waals surface area contributed by atoms with Crippen LogP contribution >= 0.6 is 11.3 Å². The lowest BCUT2D eigenvalue weighted by Crippen LogP contribution is -2.12. The van der Waals surface area contributed by atoms with Crippen LogP contribution in [-0.4, -0.2) is 24.5 Å². The first-order valence-corrected chi connectivity index (χ1v) is 11.7. The summed E-state index contributed by atoms with van der Waals surface area (Å²) < 4.78 is 15.1. The Balaban J connectivity index is 1.33. The van der Waals surface area contributed by atoms with Crippen molar-refractivity contribution in [2.45, 2.75) is 13.1 Å². The first-order valence-electron chi connectivity index (χ1n) is 10.8. The Labute approximate surface area is 204 Å². The summed E-state index contributed by atoms with van der Waals surface area (Å²) in [7, 11) is 0. The topological polar surface area (TPSA) is 104 Å². The van der Waals surface area contributed by atoms with E-state index in [-0.39, 0.29) is 5.82 Å². The highest BCUT2D eigenvalue weighted by Crippen LogP contribution is 2.24. The third-order valence-electron chi connectivity index (χ3n) is 5.21. The molecule has 0 fully saturated rings. The highest BCUT2D eigenvalue weighted by atomic mass is 32.1. The van der Waals surface area contributed by atoms with Gasteiger partial charge < -0.3 is 15.2 Å². The number of nitrogens with zero attached hydrogens (tertiary/aromatic N) is 5. The SMILES string of the molecule is N=c1sccn1Cc1cccc(Nc2ncnc(-c3cccnc3NCc3ccc(F)cc3)n2)c1. The second-order valence-electron chi connectivity index (χ2n) is 7.67. The third kappa shape index (κ3) is 5.56. The number of pyridine rings is 1. The van der Waals surface area contributed by atoms with Crippen molar-refractivity contribution in [1.82, 2.24) is 24.5 Å². The zero-order chi connectivity index (χ0) is 24.0. The van der Waals surface area contributed by atoms with Crippen molar-refractivity contribution < 1.29 is 4.39 Å². The van der Waals surface area contributed by atoms with Crippen LogP contribution in [0.2, 0.25) is 0 Å². The minimum atomic E-state index is -0.269. The molecule has 0 saturated carbocycles. The monoisotopic (exact) mass is 484 g/mol. The predicted molar refractivity (Wildman–Crippen MR) is 134 cm³/mol. The standard InChI is InChI=1S/C25H21FN8S/c26-19-8-6-17(7-9-19)14-29-22-21(5-2-10-28-22)23-30-16-31-25(33-23)32-20-4-1-3-18(13-20)15-34-11-12-35-24(34)27/h1-13,16,27H,14-15H2,(H,28,29)(H,30,31,32,33). The summed E-state index contributed by atoms with van der Waals surface area (Å²) >= 11 is 1.40. The lowest BCUT2D eigenvalue weighted by atomic mass is 10.2. The summed E-state index contributed by atoms with van der Waals surface area (Å²) in [6.45, 7) is 1.09. The second kappa shape index (κ2) is 10.2. The fraction of sp³-hybridized carbons (Fsp3) is 0.0800. The van der Waals surface area contributed by atoms with E-state index in [1.165, 1.54) is 29.8 Å². The Kier molecular flexibility index (Phi) is 6.53. The van der Waals surface area contributed by atoms with E-state index in [0.29, 0.717) is 35.5 Å². The average molecular weight is 485 g/mol. The van der Waals surface area contributed by atoms with Crippen molar-refractivity contribution in [3.63, 3.8) is 0 Å². The van der Waals surface area contributed by atoms with E-state index in [1.54, 1.807) is 18.3 Å². The van der Waals surface area contributed by atoms with Crippen LogP contribution in [0.3, 0.4) is 0 Å². The number of hydrogen-bond donors (Lipinski definition) is 3. The molecule has 0 bridgehead atoms. The van der Waals surface area contributed by atoms with E-state index in [2.05, 4.69) is 30.6 Å². The van der Waals surface area contributed by atoms with Crippen LogP contribution in [0.1, 0.15) is 11.1 Å². The van der Waals surface area contributed by atoms with Gasteiger partial charge in [-0.2, -0.15) is 4.98 Å². The van der Waals surface area contributed by atoms with Gasteiger partial charge in [-0.15, -0.1) is 11.3 Å². The van der Waals surface area contributed by atoms with Gasteiger partial charge in [-0.1, -0.05) is 24.3 Å². The minimum Gasteiger partial charge on any atom is -0.365 e. The summed E-state index contributed by atoms with van der Waals surface area (Å²) in [6, 6.07) is 17.9. The molecule has 8 nitrogen and oxygen atoms in total.